The van der Waals surface area contributed by atoms with E-state index in [1.807, 2.05) is 48.5 Å². The third-order valence-electron chi connectivity index (χ3n) is 3.73. The first-order valence-electron chi connectivity index (χ1n) is 7.70. The SMILES string of the molecule is O=C(Nc1ccccc1-c1nc2ccccc2s1)c1nc(Cl)ccc1Cl. The maximum Gasteiger partial charge on any atom is 0.275 e. The lowest BCUT2D eigenvalue weighted by molar-refractivity contribution is 0.102. The van der Waals surface area contributed by atoms with Crippen LogP contribution in [0.4, 0.5) is 5.69 Å². The number of carbonyl (C=O) groups is 1. The Kier molecular flexibility index (Phi) is 4.59. The topological polar surface area (TPSA) is 54.9 Å². The summed E-state index contributed by atoms with van der Waals surface area (Å²) in [4.78, 5) is 21.3. The van der Waals surface area contributed by atoms with Gasteiger partial charge in [0.25, 0.3) is 5.91 Å². The van der Waals surface area contributed by atoms with Gasteiger partial charge >= 0.3 is 0 Å². The average Bonchev–Trinajstić information content (AvgIpc) is 3.08. The number of pyridine rings is 1. The lowest BCUT2D eigenvalue weighted by Gasteiger charge is -2.10. The van der Waals surface area contributed by atoms with E-state index in [2.05, 4.69) is 15.3 Å². The smallest absolute Gasteiger partial charge is 0.275 e. The van der Waals surface area contributed by atoms with E-state index in [1.165, 1.54) is 6.07 Å². The number of halogens is 2. The molecule has 0 unspecified atom stereocenters. The average molecular weight is 400 g/mol. The molecule has 26 heavy (non-hydrogen) atoms. The Bertz CT molecular complexity index is 1090. The molecule has 0 aliphatic heterocycles. The summed E-state index contributed by atoms with van der Waals surface area (Å²) in [6, 6.07) is 18.5. The highest BCUT2D eigenvalue weighted by Crippen LogP contribution is 2.34. The van der Waals surface area contributed by atoms with Crippen LogP contribution < -0.4 is 5.32 Å². The van der Waals surface area contributed by atoms with Gasteiger partial charge in [-0.3, -0.25) is 4.79 Å². The molecule has 0 fully saturated rings. The van der Waals surface area contributed by atoms with Crippen molar-refractivity contribution in [2.45, 2.75) is 0 Å². The van der Waals surface area contributed by atoms with Crippen LogP contribution in [0.15, 0.2) is 60.7 Å². The molecular weight excluding hydrogens is 389 g/mol. The summed E-state index contributed by atoms with van der Waals surface area (Å²) < 4.78 is 1.09. The number of nitrogens with zero attached hydrogens (tertiary/aromatic N) is 2. The highest BCUT2D eigenvalue weighted by Gasteiger charge is 2.16. The normalized spacial score (nSPS) is 10.8. The monoisotopic (exact) mass is 399 g/mol. The van der Waals surface area contributed by atoms with E-state index < -0.39 is 5.91 Å². The Morgan fingerprint density at radius 3 is 2.54 bits per heavy atom. The van der Waals surface area contributed by atoms with Crippen LogP contribution in [-0.2, 0) is 0 Å². The summed E-state index contributed by atoms with van der Waals surface area (Å²) in [6.45, 7) is 0. The zero-order valence-electron chi connectivity index (χ0n) is 13.2. The number of aromatic nitrogens is 2. The molecule has 0 radical (unpaired) electrons. The van der Waals surface area contributed by atoms with Gasteiger partial charge in [0, 0.05) is 5.56 Å². The molecule has 0 aliphatic carbocycles. The Hall–Kier alpha value is -2.47. The first-order valence-corrected chi connectivity index (χ1v) is 9.27. The highest BCUT2D eigenvalue weighted by atomic mass is 35.5. The largest absolute Gasteiger partial charge is 0.320 e. The molecule has 0 spiro atoms. The van der Waals surface area contributed by atoms with Crippen molar-refractivity contribution < 1.29 is 4.79 Å². The number of amides is 1. The van der Waals surface area contributed by atoms with Crippen LogP contribution in [0, 0.1) is 0 Å². The first kappa shape index (κ1) is 17.0. The van der Waals surface area contributed by atoms with Gasteiger partial charge in [0.05, 0.1) is 20.9 Å². The minimum Gasteiger partial charge on any atom is -0.320 e. The van der Waals surface area contributed by atoms with E-state index in [9.17, 15) is 4.79 Å². The molecule has 1 N–H and O–H groups in total. The molecular formula is C19H11Cl2N3OS. The van der Waals surface area contributed by atoms with Gasteiger partial charge in [-0.2, -0.15) is 0 Å². The quantitative estimate of drug-likeness (QED) is 0.435. The van der Waals surface area contributed by atoms with Gasteiger partial charge < -0.3 is 5.32 Å². The van der Waals surface area contributed by atoms with Crippen molar-refractivity contribution in [1.29, 1.82) is 0 Å². The number of hydrogen-bond donors (Lipinski definition) is 1. The zero-order valence-corrected chi connectivity index (χ0v) is 15.6. The maximum atomic E-state index is 12.6. The summed E-state index contributed by atoms with van der Waals surface area (Å²) in [6.07, 6.45) is 0. The second-order valence-corrected chi connectivity index (χ2v) is 7.28. The van der Waals surface area contributed by atoms with Gasteiger partial charge in [0.15, 0.2) is 0 Å². The Labute approximate surface area is 163 Å². The molecule has 0 saturated heterocycles. The van der Waals surface area contributed by atoms with E-state index in [1.54, 1.807) is 17.4 Å². The van der Waals surface area contributed by atoms with Gasteiger partial charge in [0.2, 0.25) is 0 Å². The third kappa shape index (κ3) is 3.29. The molecule has 2 heterocycles. The molecule has 1 amide bonds. The van der Waals surface area contributed by atoms with Crippen molar-refractivity contribution in [3.63, 3.8) is 0 Å². The number of rotatable bonds is 3. The Balaban J connectivity index is 1.72. The number of carbonyl (C=O) groups excluding carboxylic acids is 1. The van der Waals surface area contributed by atoms with Crippen molar-refractivity contribution >= 4 is 56.3 Å². The van der Waals surface area contributed by atoms with Crippen LogP contribution in [0.2, 0.25) is 10.2 Å². The van der Waals surface area contributed by atoms with Gasteiger partial charge in [-0.15, -0.1) is 11.3 Å². The summed E-state index contributed by atoms with van der Waals surface area (Å²) >= 11 is 13.5. The third-order valence-corrected chi connectivity index (χ3v) is 5.31. The summed E-state index contributed by atoms with van der Waals surface area (Å²) in [5.41, 5.74) is 2.47. The summed E-state index contributed by atoms with van der Waals surface area (Å²) in [7, 11) is 0. The molecule has 4 rings (SSSR count). The molecule has 7 heteroatoms. The first-order chi connectivity index (χ1) is 12.6. The lowest BCUT2D eigenvalue weighted by atomic mass is 10.2. The number of benzene rings is 2. The Morgan fingerprint density at radius 1 is 0.923 bits per heavy atom. The van der Waals surface area contributed by atoms with Crippen LogP contribution in [0.5, 0.6) is 0 Å². The number of thiazole rings is 1. The highest BCUT2D eigenvalue weighted by molar-refractivity contribution is 7.21. The molecule has 4 aromatic rings. The van der Waals surface area contributed by atoms with Gasteiger partial charge in [-0.1, -0.05) is 47.5 Å². The molecule has 2 aromatic carbocycles. The number of anilines is 1. The fourth-order valence-electron chi connectivity index (χ4n) is 2.53. The van der Waals surface area contributed by atoms with Crippen LogP contribution >= 0.6 is 34.5 Å². The molecule has 2 aromatic heterocycles. The van der Waals surface area contributed by atoms with Crippen LogP contribution in [0.1, 0.15) is 10.5 Å². The standard InChI is InChI=1S/C19H11Cl2N3OS/c20-12-9-10-16(21)24-17(12)18(25)22-13-6-2-1-5-11(13)19-23-14-7-3-4-8-15(14)26-19/h1-10H,(H,22,25). The summed E-state index contributed by atoms with van der Waals surface area (Å²) in [5.74, 6) is -0.425. The molecule has 128 valence electrons. The second kappa shape index (κ2) is 7.03. The molecule has 4 nitrogen and oxygen atoms in total. The Morgan fingerprint density at radius 2 is 1.69 bits per heavy atom. The number of para-hydroxylation sites is 2. The fourth-order valence-corrected chi connectivity index (χ4v) is 3.87. The number of nitrogens with one attached hydrogen (secondary N) is 1. The van der Waals surface area contributed by atoms with E-state index in [4.69, 9.17) is 23.2 Å². The van der Waals surface area contributed by atoms with Crippen molar-refractivity contribution in [3.05, 3.63) is 76.5 Å². The van der Waals surface area contributed by atoms with E-state index >= 15 is 0 Å². The maximum absolute atomic E-state index is 12.6. The number of fused-ring (bicyclic) bond motifs is 1. The van der Waals surface area contributed by atoms with E-state index in [-0.39, 0.29) is 15.9 Å². The number of hydrogen-bond acceptors (Lipinski definition) is 4. The lowest BCUT2D eigenvalue weighted by Crippen LogP contribution is -2.15. The predicted octanol–water partition coefficient (Wildman–Crippen LogP) is 5.92. The van der Waals surface area contributed by atoms with Crippen molar-refractivity contribution in [2.24, 2.45) is 0 Å². The zero-order chi connectivity index (χ0) is 18.1. The molecule has 0 bridgehead atoms. The molecule has 0 aliphatic rings. The second-order valence-electron chi connectivity index (χ2n) is 5.45. The van der Waals surface area contributed by atoms with Gasteiger partial charge in [-0.05, 0) is 36.4 Å². The predicted molar refractivity (Wildman–Crippen MR) is 107 cm³/mol. The molecule has 0 saturated carbocycles. The van der Waals surface area contributed by atoms with Crippen LogP contribution in [0.3, 0.4) is 0 Å². The minimum absolute atomic E-state index is 0.0817. The van der Waals surface area contributed by atoms with E-state index in [0.29, 0.717) is 5.69 Å². The fraction of sp³-hybridized carbons (Fsp3) is 0. The van der Waals surface area contributed by atoms with Crippen LogP contribution in [0.25, 0.3) is 20.8 Å². The summed E-state index contributed by atoms with van der Waals surface area (Å²) in [5, 5.41) is 4.13. The van der Waals surface area contributed by atoms with Gasteiger partial charge in [0.1, 0.15) is 15.9 Å². The van der Waals surface area contributed by atoms with Crippen LogP contribution in [-0.4, -0.2) is 15.9 Å². The van der Waals surface area contributed by atoms with Gasteiger partial charge in [-0.25, -0.2) is 9.97 Å². The van der Waals surface area contributed by atoms with Crippen molar-refractivity contribution in [2.75, 3.05) is 5.32 Å². The van der Waals surface area contributed by atoms with Crippen molar-refractivity contribution in [3.8, 4) is 10.6 Å². The van der Waals surface area contributed by atoms with Crippen molar-refractivity contribution in [1.82, 2.24) is 9.97 Å². The minimum atomic E-state index is -0.425. The molecule has 0 atom stereocenters. The van der Waals surface area contributed by atoms with E-state index in [0.717, 1.165) is 20.8 Å².